The molecule has 2 aromatic rings. The lowest BCUT2D eigenvalue weighted by molar-refractivity contribution is -0.123. The van der Waals surface area contributed by atoms with E-state index in [2.05, 4.69) is 5.32 Å². The maximum atomic E-state index is 13.1. The summed E-state index contributed by atoms with van der Waals surface area (Å²) in [5.74, 6) is 1.19. The van der Waals surface area contributed by atoms with E-state index in [1.807, 2.05) is 42.5 Å². The van der Waals surface area contributed by atoms with Crippen molar-refractivity contribution in [2.24, 2.45) is 5.92 Å². The molecule has 4 rings (SSSR count). The van der Waals surface area contributed by atoms with Crippen LogP contribution in [0.3, 0.4) is 0 Å². The van der Waals surface area contributed by atoms with Gasteiger partial charge in [0.1, 0.15) is 6.04 Å². The molecule has 7 heteroatoms. The van der Waals surface area contributed by atoms with Crippen molar-refractivity contribution in [1.82, 2.24) is 9.62 Å². The third-order valence-corrected chi connectivity index (χ3v) is 8.02. The zero-order valence-electron chi connectivity index (χ0n) is 14.9. The molecule has 1 amide bonds. The van der Waals surface area contributed by atoms with Gasteiger partial charge in [-0.3, -0.25) is 4.79 Å². The fourth-order valence-corrected chi connectivity index (χ4v) is 6.29. The van der Waals surface area contributed by atoms with E-state index in [9.17, 15) is 13.2 Å². The predicted octanol–water partition coefficient (Wildman–Crippen LogP) is 2.94. The number of hydrogen-bond acceptors (Lipinski definition) is 4. The molecule has 1 aliphatic heterocycles. The number of hydrogen-bond donors (Lipinski definition) is 1. The summed E-state index contributed by atoms with van der Waals surface area (Å²) < 4.78 is 27.5. The highest BCUT2D eigenvalue weighted by Gasteiger charge is 2.40. The Labute approximate surface area is 164 Å². The van der Waals surface area contributed by atoms with Gasteiger partial charge >= 0.3 is 0 Å². The maximum Gasteiger partial charge on any atom is 0.244 e. The highest BCUT2D eigenvalue weighted by atomic mass is 32.2. The number of thioether (sulfide) groups is 1. The minimum Gasteiger partial charge on any atom is -0.354 e. The van der Waals surface area contributed by atoms with Gasteiger partial charge in [0.05, 0.1) is 10.8 Å². The summed E-state index contributed by atoms with van der Waals surface area (Å²) in [5, 5.41) is 2.91. The highest BCUT2D eigenvalue weighted by Crippen LogP contribution is 2.31. The van der Waals surface area contributed by atoms with Crippen LogP contribution in [0.5, 0.6) is 0 Å². The molecule has 27 heavy (non-hydrogen) atoms. The number of benzene rings is 2. The topological polar surface area (TPSA) is 66.5 Å². The van der Waals surface area contributed by atoms with Crippen molar-refractivity contribution in [3.05, 3.63) is 54.6 Å². The molecule has 0 spiro atoms. The largest absolute Gasteiger partial charge is 0.354 e. The lowest BCUT2D eigenvalue weighted by atomic mass is 10.1. The van der Waals surface area contributed by atoms with Crippen LogP contribution in [0.4, 0.5) is 0 Å². The SMILES string of the molecule is O=C(NCC1CC1)C1CSCN1S(=O)(=O)c1ccc(-c2ccccc2)cc1. The van der Waals surface area contributed by atoms with Crippen molar-refractivity contribution < 1.29 is 13.2 Å². The molecular weight excluding hydrogens is 380 g/mol. The van der Waals surface area contributed by atoms with E-state index in [4.69, 9.17) is 0 Å². The number of nitrogens with zero attached hydrogens (tertiary/aromatic N) is 1. The number of sulfonamides is 1. The van der Waals surface area contributed by atoms with Gasteiger partial charge in [0, 0.05) is 12.3 Å². The van der Waals surface area contributed by atoms with Crippen molar-refractivity contribution in [3.63, 3.8) is 0 Å². The maximum absolute atomic E-state index is 13.1. The summed E-state index contributed by atoms with van der Waals surface area (Å²) in [4.78, 5) is 12.7. The van der Waals surface area contributed by atoms with Gasteiger partial charge in [0.2, 0.25) is 15.9 Å². The lowest BCUT2D eigenvalue weighted by Gasteiger charge is -2.22. The first-order valence-corrected chi connectivity index (χ1v) is 11.7. The molecule has 142 valence electrons. The fraction of sp³-hybridized carbons (Fsp3) is 0.350. The molecule has 1 aliphatic carbocycles. The summed E-state index contributed by atoms with van der Waals surface area (Å²) in [5.41, 5.74) is 2.00. The van der Waals surface area contributed by atoms with Gasteiger partial charge in [-0.2, -0.15) is 4.31 Å². The van der Waals surface area contributed by atoms with E-state index in [0.717, 1.165) is 24.0 Å². The van der Waals surface area contributed by atoms with Gasteiger partial charge < -0.3 is 5.32 Å². The molecule has 1 N–H and O–H groups in total. The van der Waals surface area contributed by atoms with Gasteiger partial charge in [-0.25, -0.2) is 8.42 Å². The second-order valence-electron chi connectivity index (χ2n) is 6.99. The van der Waals surface area contributed by atoms with E-state index in [0.29, 0.717) is 24.1 Å². The second kappa shape index (κ2) is 7.66. The van der Waals surface area contributed by atoms with Crippen molar-refractivity contribution in [1.29, 1.82) is 0 Å². The molecular formula is C20H22N2O3S2. The summed E-state index contributed by atoms with van der Waals surface area (Å²) >= 11 is 1.48. The Morgan fingerprint density at radius 1 is 1.04 bits per heavy atom. The Hall–Kier alpha value is -1.83. The Bertz CT molecular complexity index is 910. The van der Waals surface area contributed by atoms with Crippen LogP contribution in [-0.2, 0) is 14.8 Å². The van der Waals surface area contributed by atoms with Crippen LogP contribution >= 0.6 is 11.8 Å². The molecule has 2 aromatic carbocycles. The van der Waals surface area contributed by atoms with E-state index in [1.165, 1.54) is 16.1 Å². The monoisotopic (exact) mass is 402 g/mol. The van der Waals surface area contributed by atoms with E-state index in [-0.39, 0.29) is 10.8 Å². The summed E-state index contributed by atoms with van der Waals surface area (Å²) in [6.45, 7) is 0.652. The summed E-state index contributed by atoms with van der Waals surface area (Å²) in [6.07, 6.45) is 2.30. The van der Waals surface area contributed by atoms with Gasteiger partial charge in [-0.05, 0) is 42.0 Å². The Morgan fingerprint density at radius 2 is 1.70 bits per heavy atom. The molecule has 1 atom stereocenters. The third kappa shape index (κ3) is 4.05. The minimum absolute atomic E-state index is 0.184. The molecule has 0 radical (unpaired) electrons. The number of carbonyl (C=O) groups is 1. The number of rotatable bonds is 6. The normalized spacial score (nSPS) is 20.5. The summed E-state index contributed by atoms with van der Waals surface area (Å²) in [6, 6.07) is 16.1. The van der Waals surface area contributed by atoms with Crippen LogP contribution in [0.15, 0.2) is 59.5 Å². The van der Waals surface area contributed by atoms with Crippen LogP contribution in [0.25, 0.3) is 11.1 Å². The standard InChI is InChI=1S/C20H22N2O3S2/c23-20(21-12-15-6-7-15)19-13-26-14-22(19)27(24,25)18-10-8-17(9-11-18)16-4-2-1-3-5-16/h1-5,8-11,15,19H,6-7,12-14H2,(H,21,23). The quantitative estimate of drug-likeness (QED) is 0.807. The van der Waals surface area contributed by atoms with Crippen molar-refractivity contribution >= 4 is 27.7 Å². The molecule has 0 aromatic heterocycles. The molecule has 2 fully saturated rings. The molecule has 5 nitrogen and oxygen atoms in total. The van der Waals surface area contributed by atoms with Crippen molar-refractivity contribution in [2.45, 2.75) is 23.8 Å². The molecule has 1 heterocycles. The van der Waals surface area contributed by atoms with Crippen LogP contribution in [0.1, 0.15) is 12.8 Å². The molecule has 1 unspecified atom stereocenters. The Kier molecular flexibility index (Phi) is 5.25. The molecule has 1 saturated heterocycles. The third-order valence-electron chi connectivity index (χ3n) is 4.97. The second-order valence-corrected chi connectivity index (χ2v) is 9.88. The first-order valence-electron chi connectivity index (χ1n) is 9.08. The average Bonchev–Trinajstić information content (AvgIpc) is 3.39. The Balaban J connectivity index is 1.52. The Morgan fingerprint density at radius 3 is 2.37 bits per heavy atom. The first kappa shape index (κ1) is 18.5. The fourth-order valence-electron chi connectivity index (χ4n) is 3.14. The minimum atomic E-state index is -3.70. The summed E-state index contributed by atoms with van der Waals surface area (Å²) in [7, 11) is -3.70. The highest BCUT2D eigenvalue weighted by molar-refractivity contribution is 8.00. The molecule has 2 aliphatic rings. The van der Waals surface area contributed by atoms with Gasteiger partial charge in [-0.1, -0.05) is 42.5 Å². The lowest BCUT2D eigenvalue weighted by Crippen LogP contribution is -2.47. The van der Waals surface area contributed by atoms with Gasteiger partial charge in [0.25, 0.3) is 0 Å². The van der Waals surface area contributed by atoms with E-state index >= 15 is 0 Å². The van der Waals surface area contributed by atoms with Crippen LogP contribution in [0.2, 0.25) is 0 Å². The smallest absolute Gasteiger partial charge is 0.244 e. The van der Waals surface area contributed by atoms with Crippen LogP contribution in [-0.4, -0.2) is 42.8 Å². The van der Waals surface area contributed by atoms with Crippen molar-refractivity contribution in [2.75, 3.05) is 18.2 Å². The van der Waals surface area contributed by atoms with Gasteiger partial charge in [0.15, 0.2) is 0 Å². The first-order chi connectivity index (χ1) is 13.1. The number of amides is 1. The molecule has 0 bridgehead atoms. The zero-order chi connectivity index (χ0) is 18.9. The van der Waals surface area contributed by atoms with Crippen LogP contribution in [0, 0.1) is 5.92 Å². The molecule has 1 saturated carbocycles. The van der Waals surface area contributed by atoms with E-state index < -0.39 is 16.1 Å². The number of carbonyl (C=O) groups excluding carboxylic acids is 1. The van der Waals surface area contributed by atoms with Crippen molar-refractivity contribution in [3.8, 4) is 11.1 Å². The number of nitrogens with one attached hydrogen (secondary N) is 1. The average molecular weight is 403 g/mol. The van der Waals surface area contributed by atoms with Crippen LogP contribution < -0.4 is 5.32 Å². The zero-order valence-corrected chi connectivity index (χ0v) is 16.5. The predicted molar refractivity (Wildman–Crippen MR) is 108 cm³/mol. The van der Waals surface area contributed by atoms with E-state index in [1.54, 1.807) is 12.1 Å². The van der Waals surface area contributed by atoms with Gasteiger partial charge in [-0.15, -0.1) is 11.8 Å².